The normalized spacial score (nSPS) is 16.0. The van der Waals surface area contributed by atoms with Gasteiger partial charge in [0.1, 0.15) is 0 Å². The summed E-state index contributed by atoms with van der Waals surface area (Å²) in [6, 6.07) is 13.7. The molecular weight excluding hydrogens is 364 g/mol. The van der Waals surface area contributed by atoms with Crippen LogP contribution in [0.5, 0.6) is 0 Å². The fourth-order valence-corrected chi connectivity index (χ4v) is 6.61. The summed E-state index contributed by atoms with van der Waals surface area (Å²) in [6.45, 7) is 6.85. The maximum Gasteiger partial charge on any atom is 0.330 e. The van der Waals surface area contributed by atoms with Crippen molar-refractivity contribution in [2.45, 2.75) is 64.3 Å². The molecule has 4 heteroatoms. The lowest BCUT2D eigenvalue weighted by Crippen LogP contribution is -2.39. The van der Waals surface area contributed by atoms with E-state index in [1.54, 1.807) is 6.08 Å². The van der Waals surface area contributed by atoms with Crippen LogP contribution in [0.1, 0.15) is 50.2 Å². The maximum atomic E-state index is 11.9. The summed E-state index contributed by atoms with van der Waals surface area (Å²) in [4.78, 5) is 11.9. The number of esters is 1. The molecule has 2 aromatic carbocycles. The molecule has 0 atom stereocenters. The first-order valence-electron chi connectivity index (χ1n) is 10.5. The Hall–Kier alpha value is -1.91. The van der Waals surface area contributed by atoms with Crippen LogP contribution in [0.25, 0.3) is 16.8 Å². The largest absolute Gasteiger partial charge is 0.463 e. The number of carbonyl (C=O) groups excluding carboxylic acids is 1. The summed E-state index contributed by atoms with van der Waals surface area (Å²) in [5, 5.41) is 2.35. The van der Waals surface area contributed by atoms with Crippen LogP contribution in [0.4, 0.5) is 0 Å². The van der Waals surface area contributed by atoms with E-state index in [1.807, 2.05) is 19.1 Å². The van der Waals surface area contributed by atoms with E-state index in [4.69, 9.17) is 9.16 Å². The number of rotatable bonds is 7. The Morgan fingerprint density at radius 3 is 2.61 bits per heavy atom. The second-order valence-corrected chi connectivity index (χ2v) is 12.4. The zero-order valence-electron chi connectivity index (χ0n) is 17.4. The molecular formula is C24H32O3Si. The molecule has 0 saturated heterocycles. The molecule has 0 aromatic heterocycles. The van der Waals surface area contributed by atoms with Gasteiger partial charge in [0.2, 0.25) is 0 Å². The van der Waals surface area contributed by atoms with Crippen molar-refractivity contribution in [3.05, 3.63) is 53.6 Å². The van der Waals surface area contributed by atoms with Gasteiger partial charge >= 0.3 is 5.97 Å². The molecule has 0 spiro atoms. The number of fused-ring (bicyclic) bond motifs is 1. The van der Waals surface area contributed by atoms with E-state index in [0.29, 0.717) is 12.7 Å². The van der Waals surface area contributed by atoms with E-state index >= 15 is 0 Å². The van der Waals surface area contributed by atoms with Crippen molar-refractivity contribution in [1.82, 2.24) is 0 Å². The SMILES string of the molecule is CCOC(=O)/C=C/c1c(C[Si](C)(C)OC2CCCCC2)ccc2ccccc12. The van der Waals surface area contributed by atoms with Gasteiger partial charge in [-0.25, -0.2) is 4.79 Å². The quantitative estimate of drug-likeness (QED) is 0.324. The standard InChI is InChI=1S/C24H32O3Si/c1-4-26-24(25)17-16-23-20(15-14-19-10-8-9-13-22(19)23)18-28(2,3)27-21-11-6-5-7-12-21/h8-10,13-17,21H,4-7,11-12,18H2,1-3H3/b17-16+. The van der Waals surface area contributed by atoms with E-state index in [1.165, 1.54) is 48.4 Å². The van der Waals surface area contributed by atoms with E-state index < -0.39 is 8.32 Å². The Kier molecular flexibility index (Phi) is 7.08. The minimum atomic E-state index is -1.87. The van der Waals surface area contributed by atoms with Gasteiger partial charge in [-0.1, -0.05) is 55.7 Å². The third-order valence-corrected chi connectivity index (χ3v) is 7.59. The van der Waals surface area contributed by atoms with Crippen LogP contribution >= 0.6 is 0 Å². The second-order valence-electron chi connectivity index (χ2n) is 8.26. The molecule has 150 valence electrons. The number of benzene rings is 2. The Morgan fingerprint density at radius 1 is 1.11 bits per heavy atom. The molecule has 0 aliphatic heterocycles. The van der Waals surface area contributed by atoms with Crippen molar-refractivity contribution in [2.24, 2.45) is 0 Å². The summed E-state index contributed by atoms with van der Waals surface area (Å²) >= 11 is 0. The monoisotopic (exact) mass is 396 g/mol. The van der Waals surface area contributed by atoms with E-state index in [2.05, 4.69) is 43.4 Å². The van der Waals surface area contributed by atoms with Crippen LogP contribution in [-0.4, -0.2) is 27.0 Å². The van der Waals surface area contributed by atoms with Gasteiger partial charge in [0.25, 0.3) is 0 Å². The van der Waals surface area contributed by atoms with Gasteiger partial charge in [0.15, 0.2) is 8.32 Å². The van der Waals surface area contributed by atoms with Crippen LogP contribution in [0.15, 0.2) is 42.5 Å². The van der Waals surface area contributed by atoms with Gasteiger partial charge in [-0.15, -0.1) is 0 Å². The van der Waals surface area contributed by atoms with Gasteiger partial charge in [0, 0.05) is 12.2 Å². The molecule has 0 amide bonds. The topological polar surface area (TPSA) is 35.5 Å². The molecule has 0 N–H and O–H groups in total. The number of ether oxygens (including phenoxy) is 1. The first kappa shape index (κ1) is 20.8. The van der Waals surface area contributed by atoms with Crippen molar-refractivity contribution in [1.29, 1.82) is 0 Å². The molecule has 1 aliphatic carbocycles. The molecule has 0 bridgehead atoms. The van der Waals surface area contributed by atoms with Crippen molar-refractivity contribution in [3.8, 4) is 0 Å². The van der Waals surface area contributed by atoms with E-state index in [9.17, 15) is 4.79 Å². The number of hydrogen-bond donors (Lipinski definition) is 0. The molecule has 1 saturated carbocycles. The maximum absolute atomic E-state index is 11.9. The fraction of sp³-hybridized carbons (Fsp3) is 0.458. The molecule has 28 heavy (non-hydrogen) atoms. The third-order valence-electron chi connectivity index (χ3n) is 5.39. The molecule has 0 radical (unpaired) electrons. The Bertz CT molecular complexity index is 835. The van der Waals surface area contributed by atoms with Crippen LogP contribution in [0.3, 0.4) is 0 Å². The summed E-state index contributed by atoms with van der Waals surface area (Å²) in [5.74, 6) is -0.295. The minimum Gasteiger partial charge on any atom is -0.463 e. The molecule has 3 rings (SSSR count). The molecule has 0 heterocycles. The van der Waals surface area contributed by atoms with Crippen molar-refractivity contribution >= 4 is 31.1 Å². The summed E-state index contributed by atoms with van der Waals surface area (Å²) < 4.78 is 11.7. The van der Waals surface area contributed by atoms with E-state index in [0.717, 1.165) is 11.6 Å². The van der Waals surface area contributed by atoms with Gasteiger partial charge in [0.05, 0.1) is 6.61 Å². The predicted molar refractivity (Wildman–Crippen MR) is 119 cm³/mol. The van der Waals surface area contributed by atoms with Crippen molar-refractivity contribution < 1.29 is 14.0 Å². The minimum absolute atomic E-state index is 0.295. The lowest BCUT2D eigenvalue weighted by molar-refractivity contribution is -0.137. The summed E-state index contributed by atoms with van der Waals surface area (Å²) in [5.41, 5.74) is 2.37. The predicted octanol–water partition coefficient (Wildman–Crippen LogP) is 6.05. The Labute approximate surface area is 169 Å². The molecule has 2 aromatic rings. The average molecular weight is 397 g/mol. The van der Waals surface area contributed by atoms with Gasteiger partial charge in [-0.3, -0.25) is 0 Å². The Morgan fingerprint density at radius 2 is 1.86 bits per heavy atom. The third kappa shape index (κ3) is 5.55. The average Bonchev–Trinajstić information content (AvgIpc) is 2.67. The van der Waals surface area contributed by atoms with Crippen LogP contribution in [-0.2, 0) is 20.0 Å². The van der Waals surface area contributed by atoms with Gasteiger partial charge in [-0.2, -0.15) is 0 Å². The zero-order chi connectivity index (χ0) is 20.0. The lowest BCUT2D eigenvalue weighted by Gasteiger charge is -2.32. The molecule has 3 nitrogen and oxygen atoms in total. The highest BCUT2D eigenvalue weighted by molar-refractivity contribution is 6.70. The van der Waals surface area contributed by atoms with Crippen molar-refractivity contribution in [3.63, 3.8) is 0 Å². The number of carbonyl (C=O) groups is 1. The van der Waals surface area contributed by atoms with Crippen LogP contribution in [0.2, 0.25) is 13.1 Å². The Balaban J connectivity index is 1.88. The summed E-state index contributed by atoms with van der Waals surface area (Å²) in [7, 11) is -1.87. The molecule has 1 fully saturated rings. The second kappa shape index (κ2) is 9.53. The first-order valence-corrected chi connectivity index (χ1v) is 13.6. The molecule has 0 unspecified atom stereocenters. The van der Waals surface area contributed by atoms with Crippen molar-refractivity contribution in [2.75, 3.05) is 6.61 Å². The van der Waals surface area contributed by atoms with E-state index in [-0.39, 0.29) is 5.97 Å². The van der Waals surface area contributed by atoms with Gasteiger partial charge < -0.3 is 9.16 Å². The highest BCUT2D eigenvalue weighted by atomic mass is 28.4. The van der Waals surface area contributed by atoms with Crippen LogP contribution < -0.4 is 0 Å². The zero-order valence-corrected chi connectivity index (χ0v) is 18.4. The van der Waals surface area contributed by atoms with Gasteiger partial charge in [-0.05, 0) is 66.9 Å². The smallest absolute Gasteiger partial charge is 0.330 e. The highest BCUT2D eigenvalue weighted by Gasteiger charge is 2.29. The highest BCUT2D eigenvalue weighted by Crippen LogP contribution is 2.29. The first-order chi connectivity index (χ1) is 13.5. The fourth-order valence-electron chi connectivity index (χ4n) is 4.17. The number of hydrogen-bond acceptors (Lipinski definition) is 3. The van der Waals surface area contributed by atoms with Crippen LogP contribution in [0, 0.1) is 0 Å². The lowest BCUT2D eigenvalue weighted by atomic mass is 9.98. The molecule has 1 aliphatic rings. The summed E-state index contributed by atoms with van der Waals surface area (Å²) in [6.07, 6.45) is 10.2.